The van der Waals surface area contributed by atoms with E-state index in [1.165, 1.54) is 23.0 Å². The number of carbonyl (C=O) groups is 1. The van der Waals surface area contributed by atoms with Crippen molar-refractivity contribution in [1.29, 1.82) is 0 Å². The highest BCUT2D eigenvalue weighted by molar-refractivity contribution is 5.98. The van der Waals surface area contributed by atoms with Crippen LogP contribution < -0.4 is 10.5 Å². The Morgan fingerprint density at radius 3 is 2.53 bits per heavy atom. The molecule has 1 fully saturated rings. The van der Waals surface area contributed by atoms with Crippen molar-refractivity contribution in [3.05, 3.63) is 70.4 Å². The third kappa shape index (κ3) is 3.83. The number of aromatic nitrogens is 4. The number of ketones is 1. The molecule has 1 aliphatic rings. The zero-order valence-electron chi connectivity index (χ0n) is 16.3. The van der Waals surface area contributed by atoms with Crippen molar-refractivity contribution in [2.24, 2.45) is 13.0 Å². The van der Waals surface area contributed by atoms with Crippen LogP contribution in [-0.2, 0) is 7.05 Å². The maximum Gasteiger partial charge on any atom is 0.255 e. The zero-order valence-corrected chi connectivity index (χ0v) is 16.3. The molecule has 0 amide bonds. The second-order valence-electron chi connectivity index (χ2n) is 7.18. The fourth-order valence-electron chi connectivity index (χ4n) is 3.63. The molecule has 30 heavy (non-hydrogen) atoms. The second-order valence-corrected chi connectivity index (χ2v) is 7.18. The van der Waals surface area contributed by atoms with Crippen molar-refractivity contribution < 1.29 is 13.6 Å². The number of halogens is 2. The van der Waals surface area contributed by atoms with Crippen molar-refractivity contribution >= 4 is 11.7 Å². The first-order valence-corrected chi connectivity index (χ1v) is 9.52. The average molecular weight is 411 g/mol. The fraction of sp³-hybridized carbons (Fsp3) is 0.286. The molecule has 0 spiro atoms. The summed E-state index contributed by atoms with van der Waals surface area (Å²) in [6.45, 7) is 0.958. The minimum Gasteiger partial charge on any atom is -0.342 e. The molecular weight excluding hydrogens is 392 g/mol. The van der Waals surface area contributed by atoms with Gasteiger partial charge in [-0.1, -0.05) is 0 Å². The first-order chi connectivity index (χ1) is 14.4. The van der Waals surface area contributed by atoms with E-state index in [1.807, 2.05) is 4.90 Å². The van der Waals surface area contributed by atoms with Gasteiger partial charge in [-0.15, -0.1) is 0 Å². The van der Waals surface area contributed by atoms with Crippen LogP contribution in [0.1, 0.15) is 23.2 Å². The van der Waals surface area contributed by atoms with Crippen LogP contribution in [0.2, 0.25) is 0 Å². The molecule has 1 aromatic carbocycles. The van der Waals surface area contributed by atoms with Gasteiger partial charge in [-0.25, -0.2) is 23.7 Å². The van der Waals surface area contributed by atoms with Crippen LogP contribution in [0.4, 0.5) is 14.7 Å². The van der Waals surface area contributed by atoms with Gasteiger partial charge < -0.3 is 4.90 Å². The number of nitrogens with zero attached hydrogens (tertiary/aromatic N) is 5. The zero-order chi connectivity index (χ0) is 21.3. The third-order valence-corrected chi connectivity index (χ3v) is 5.30. The normalized spacial score (nSPS) is 14.7. The number of piperidine rings is 1. The number of hydrogen-bond acceptors (Lipinski definition) is 6. The number of anilines is 1. The van der Waals surface area contributed by atoms with E-state index in [1.54, 1.807) is 19.3 Å². The summed E-state index contributed by atoms with van der Waals surface area (Å²) < 4.78 is 28.5. The molecular formula is C21H19F2N5O2. The summed E-state index contributed by atoms with van der Waals surface area (Å²) in [6, 6.07) is 6.09. The first-order valence-electron chi connectivity index (χ1n) is 9.52. The van der Waals surface area contributed by atoms with Gasteiger partial charge in [-0.2, -0.15) is 0 Å². The predicted octanol–water partition coefficient (Wildman–Crippen LogP) is 2.61. The van der Waals surface area contributed by atoms with E-state index >= 15 is 0 Å². The molecule has 0 atom stereocenters. The smallest absolute Gasteiger partial charge is 0.255 e. The molecule has 1 saturated heterocycles. The van der Waals surface area contributed by atoms with E-state index < -0.39 is 11.6 Å². The van der Waals surface area contributed by atoms with Gasteiger partial charge in [0.1, 0.15) is 18.0 Å². The number of rotatable bonds is 4. The highest BCUT2D eigenvalue weighted by Gasteiger charge is 2.29. The molecule has 0 radical (unpaired) electrons. The standard InChI is InChI=1S/C21H19F2N5O2/c1-27-19(29)11-18(17-4-7-24-12-25-17)26-21(27)28-8-5-13(6-9-28)20(30)15-3-2-14(22)10-16(15)23/h2-4,7,10-13H,5-6,8-9H2,1H3. The quantitative estimate of drug-likeness (QED) is 0.614. The van der Waals surface area contributed by atoms with Gasteiger partial charge in [-0.05, 0) is 31.0 Å². The Labute approximate surface area is 171 Å². The molecule has 9 heteroatoms. The largest absolute Gasteiger partial charge is 0.342 e. The SMILES string of the molecule is Cn1c(N2CCC(C(=O)c3ccc(F)cc3F)CC2)nc(-c2ccncn2)cc1=O. The summed E-state index contributed by atoms with van der Waals surface area (Å²) in [5.74, 6) is -1.78. The maximum atomic E-state index is 14.0. The van der Waals surface area contributed by atoms with Gasteiger partial charge in [0.05, 0.1) is 17.0 Å². The molecule has 7 nitrogen and oxygen atoms in total. The summed E-state index contributed by atoms with van der Waals surface area (Å²) in [5, 5.41) is 0. The third-order valence-electron chi connectivity index (χ3n) is 5.30. The molecule has 0 unspecified atom stereocenters. The highest BCUT2D eigenvalue weighted by atomic mass is 19.1. The van der Waals surface area contributed by atoms with E-state index in [0.29, 0.717) is 43.3 Å². The van der Waals surface area contributed by atoms with E-state index in [-0.39, 0.29) is 22.8 Å². The molecule has 4 rings (SSSR count). The van der Waals surface area contributed by atoms with Crippen LogP contribution in [0.25, 0.3) is 11.4 Å². The van der Waals surface area contributed by atoms with Gasteiger partial charge in [0.25, 0.3) is 5.56 Å². The molecule has 0 saturated carbocycles. The molecule has 2 aromatic heterocycles. The molecule has 1 aliphatic heterocycles. The van der Waals surface area contributed by atoms with Gasteiger partial charge in [0, 0.05) is 44.4 Å². The second kappa shape index (κ2) is 8.10. The van der Waals surface area contributed by atoms with Crippen LogP contribution >= 0.6 is 0 Å². The van der Waals surface area contributed by atoms with Crippen molar-refractivity contribution in [1.82, 2.24) is 19.5 Å². The Balaban J connectivity index is 1.53. The Bertz CT molecular complexity index is 1140. The van der Waals surface area contributed by atoms with E-state index in [0.717, 1.165) is 12.1 Å². The minimum absolute atomic E-state index is 0.0915. The van der Waals surface area contributed by atoms with Crippen LogP contribution in [0, 0.1) is 17.6 Å². The van der Waals surface area contributed by atoms with E-state index in [2.05, 4.69) is 15.0 Å². The number of benzene rings is 1. The molecule has 0 bridgehead atoms. The lowest BCUT2D eigenvalue weighted by atomic mass is 9.88. The Hall–Kier alpha value is -3.49. The average Bonchev–Trinajstić information content (AvgIpc) is 2.76. The summed E-state index contributed by atoms with van der Waals surface area (Å²) in [7, 11) is 1.64. The van der Waals surface area contributed by atoms with E-state index in [9.17, 15) is 18.4 Å². The van der Waals surface area contributed by atoms with Gasteiger partial charge in [0.2, 0.25) is 5.95 Å². The van der Waals surface area contributed by atoms with Crippen molar-refractivity contribution in [3.8, 4) is 11.4 Å². The van der Waals surface area contributed by atoms with Gasteiger partial charge in [-0.3, -0.25) is 14.2 Å². The minimum atomic E-state index is -0.843. The van der Waals surface area contributed by atoms with Crippen LogP contribution in [0.3, 0.4) is 0 Å². The Morgan fingerprint density at radius 2 is 1.87 bits per heavy atom. The number of hydrogen-bond donors (Lipinski definition) is 0. The highest BCUT2D eigenvalue weighted by Crippen LogP contribution is 2.26. The molecule has 3 aromatic rings. The molecule has 154 valence electrons. The molecule has 0 aliphatic carbocycles. The maximum absolute atomic E-state index is 14.0. The summed E-state index contributed by atoms with van der Waals surface area (Å²) in [6.07, 6.45) is 3.92. The number of Topliss-reactive ketones (excluding diaryl/α,β-unsaturated/α-hetero) is 1. The Kier molecular flexibility index (Phi) is 5.35. The fourth-order valence-corrected chi connectivity index (χ4v) is 3.63. The lowest BCUT2D eigenvalue weighted by Crippen LogP contribution is -2.40. The first kappa shape index (κ1) is 19.8. The predicted molar refractivity (Wildman–Crippen MR) is 106 cm³/mol. The number of carbonyl (C=O) groups excluding carboxylic acids is 1. The van der Waals surface area contributed by atoms with Gasteiger partial charge >= 0.3 is 0 Å². The van der Waals surface area contributed by atoms with Crippen LogP contribution in [-0.4, -0.2) is 38.4 Å². The lowest BCUT2D eigenvalue weighted by Gasteiger charge is -2.33. The topological polar surface area (TPSA) is 81.0 Å². The monoisotopic (exact) mass is 411 g/mol. The summed E-state index contributed by atoms with van der Waals surface area (Å²) in [5.41, 5.74) is 0.675. The van der Waals surface area contributed by atoms with Crippen molar-refractivity contribution in [3.63, 3.8) is 0 Å². The van der Waals surface area contributed by atoms with Gasteiger partial charge in [0.15, 0.2) is 5.78 Å². The van der Waals surface area contributed by atoms with Crippen LogP contribution in [0.15, 0.2) is 47.7 Å². The Morgan fingerprint density at radius 1 is 1.10 bits per heavy atom. The lowest BCUT2D eigenvalue weighted by molar-refractivity contribution is 0.0896. The van der Waals surface area contributed by atoms with Crippen LogP contribution in [0.5, 0.6) is 0 Å². The summed E-state index contributed by atoms with van der Waals surface area (Å²) >= 11 is 0. The van der Waals surface area contributed by atoms with Crippen molar-refractivity contribution in [2.75, 3.05) is 18.0 Å². The summed E-state index contributed by atoms with van der Waals surface area (Å²) in [4.78, 5) is 39.6. The molecule has 0 N–H and O–H groups in total. The van der Waals surface area contributed by atoms with E-state index in [4.69, 9.17) is 0 Å². The van der Waals surface area contributed by atoms with Crippen molar-refractivity contribution in [2.45, 2.75) is 12.8 Å². The molecule has 3 heterocycles.